The lowest BCUT2D eigenvalue weighted by molar-refractivity contribution is 0.155. The first kappa shape index (κ1) is 28.4. The molecular formula is C31H42N10. The maximum Gasteiger partial charge on any atom is 0.168 e. The molecule has 41 heavy (non-hydrogen) atoms. The molecule has 2 aliphatic heterocycles. The predicted molar refractivity (Wildman–Crippen MR) is 164 cm³/mol. The Kier molecular flexibility index (Phi) is 8.68. The second kappa shape index (κ2) is 12.6. The van der Waals surface area contributed by atoms with Gasteiger partial charge < -0.3 is 20.4 Å². The van der Waals surface area contributed by atoms with Gasteiger partial charge in [0.15, 0.2) is 5.82 Å². The molecule has 6 rings (SSSR count). The van der Waals surface area contributed by atoms with Crippen molar-refractivity contribution in [3.8, 4) is 0 Å². The van der Waals surface area contributed by atoms with Crippen LogP contribution in [0.5, 0.6) is 0 Å². The molecule has 4 aromatic rings. The van der Waals surface area contributed by atoms with Crippen molar-refractivity contribution in [2.45, 2.75) is 58.2 Å². The van der Waals surface area contributed by atoms with Gasteiger partial charge in [0, 0.05) is 49.5 Å². The third kappa shape index (κ3) is 6.12. The monoisotopic (exact) mass is 554 g/mol. The zero-order valence-electron chi connectivity index (χ0n) is 24.7. The number of anilines is 1. The summed E-state index contributed by atoms with van der Waals surface area (Å²) in [6.45, 7) is 15.4. The summed E-state index contributed by atoms with van der Waals surface area (Å²) in [7, 11) is 3.79. The van der Waals surface area contributed by atoms with Gasteiger partial charge in [0.1, 0.15) is 0 Å². The van der Waals surface area contributed by atoms with E-state index in [0.29, 0.717) is 6.04 Å². The van der Waals surface area contributed by atoms with E-state index in [1.165, 1.54) is 40.6 Å². The van der Waals surface area contributed by atoms with E-state index in [9.17, 15) is 0 Å². The summed E-state index contributed by atoms with van der Waals surface area (Å²) in [6, 6.07) is 13.6. The molecule has 3 N–H and O–H groups in total. The van der Waals surface area contributed by atoms with Gasteiger partial charge >= 0.3 is 0 Å². The minimum Gasteiger partial charge on any atom is -0.378 e. The van der Waals surface area contributed by atoms with Crippen LogP contribution in [0.3, 0.4) is 0 Å². The van der Waals surface area contributed by atoms with E-state index in [1.807, 2.05) is 20.3 Å². The number of aromatic nitrogens is 6. The normalized spacial score (nSPS) is 16.1. The average molecular weight is 555 g/mol. The minimum atomic E-state index is 0.0781. The summed E-state index contributed by atoms with van der Waals surface area (Å²) in [5.74, 6) is 1.88. The Bertz CT molecular complexity index is 1490. The second-order valence-corrected chi connectivity index (χ2v) is 10.9. The number of hydrogen-bond donors (Lipinski definition) is 3. The molecule has 0 radical (unpaired) electrons. The number of benzene rings is 2. The number of likely N-dealkylation sites (tertiary alicyclic amines) is 1. The van der Waals surface area contributed by atoms with Crippen LogP contribution in [0, 0.1) is 6.92 Å². The molecule has 4 heterocycles. The van der Waals surface area contributed by atoms with E-state index in [2.05, 4.69) is 110 Å². The molecule has 2 aromatic heterocycles. The smallest absolute Gasteiger partial charge is 0.168 e. The van der Waals surface area contributed by atoms with E-state index < -0.39 is 0 Å². The number of H-pyrrole nitrogens is 1. The number of rotatable bonds is 7. The highest BCUT2D eigenvalue weighted by Crippen LogP contribution is 2.30. The van der Waals surface area contributed by atoms with E-state index in [0.717, 1.165) is 55.3 Å². The van der Waals surface area contributed by atoms with Crippen molar-refractivity contribution in [2.75, 3.05) is 25.5 Å². The van der Waals surface area contributed by atoms with Crippen LogP contribution >= 0.6 is 0 Å². The summed E-state index contributed by atoms with van der Waals surface area (Å²) >= 11 is 0. The van der Waals surface area contributed by atoms with Gasteiger partial charge in [0.2, 0.25) is 0 Å². The van der Waals surface area contributed by atoms with E-state index >= 15 is 0 Å². The zero-order chi connectivity index (χ0) is 28.9. The molecule has 1 fully saturated rings. The van der Waals surface area contributed by atoms with Crippen LogP contribution < -0.4 is 10.6 Å². The van der Waals surface area contributed by atoms with E-state index in [4.69, 9.17) is 0 Å². The molecule has 0 aliphatic carbocycles. The summed E-state index contributed by atoms with van der Waals surface area (Å²) in [5.41, 5.74) is 7.27. The lowest BCUT2D eigenvalue weighted by atomic mass is 9.98. The summed E-state index contributed by atoms with van der Waals surface area (Å²) in [6.07, 6.45) is 6.10. The SMILES string of the molecule is C=CN1CCC(N2Cc3ccccc3NC2=C)CC1.CCc1cc(CC(NC)c2nnnn2C)cc2c(C)[nH]nc12. The first-order valence-corrected chi connectivity index (χ1v) is 14.4. The Hall–Kier alpha value is -4.18. The fraction of sp³-hybridized carbons (Fsp3) is 0.419. The lowest BCUT2D eigenvalue weighted by Crippen LogP contribution is -2.45. The van der Waals surface area contributed by atoms with Gasteiger partial charge in [-0.2, -0.15) is 5.10 Å². The van der Waals surface area contributed by atoms with Crippen molar-refractivity contribution < 1.29 is 0 Å². The lowest BCUT2D eigenvalue weighted by Gasteiger charge is -2.43. The first-order valence-electron chi connectivity index (χ1n) is 14.4. The molecule has 1 saturated heterocycles. The number of tetrazole rings is 1. The minimum absolute atomic E-state index is 0.0781. The van der Waals surface area contributed by atoms with Crippen molar-refractivity contribution in [1.29, 1.82) is 0 Å². The van der Waals surface area contributed by atoms with Crippen molar-refractivity contribution in [2.24, 2.45) is 7.05 Å². The molecule has 10 nitrogen and oxygen atoms in total. The highest BCUT2D eigenvalue weighted by molar-refractivity contribution is 5.85. The van der Waals surface area contributed by atoms with Crippen LogP contribution in [0.2, 0.25) is 0 Å². The number of nitrogens with zero attached hydrogens (tertiary/aromatic N) is 7. The Morgan fingerprint density at radius 1 is 1.20 bits per heavy atom. The number of aryl methyl sites for hydroxylation is 3. The fourth-order valence-electron chi connectivity index (χ4n) is 5.87. The van der Waals surface area contributed by atoms with Gasteiger partial charge in [-0.1, -0.05) is 44.3 Å². The highest BCUT2D eigenvalue weighted by atomic mass is 15.5. The molecule has 2 aliphatic rings. The fourth-order valence-corrected chi connectivity index (χ4v) is 5.87. The predicted octanol–water partition coefficient (Wildman–Crippen LogP) is 4.45. The molecular weight excluding hydrogens is 512 g/mol. The van der Waals surface area contributed by atoms with Crippen LogP contribution in [0.4, 0.5) is 5.69 Å². The molecule has 1 atom stereocenters. The Morgan fingerprint density at radius 2 is 1.98 bits per heavy atom. The van der Waals surface area contributed by atoms with Gasteiger partial charge in [-0.25, -0.2) is 4.68 Å². The maximum atomic E-state index is 4.42. The standard InChI is InChI=1S/C16H21N3.C15H21N7/c1-3-18-10-8-15(9-11-18)19-12-14-6-4-5-7-16(14)17-13(19)2;1-5-11-6-10(7-12-9(2)17-18-14(11)12)8-13(16-3)15-19-20-21-22(15)4/h3-7,15,17H,1-2,8-12H2;6-7,13,16H,5,8H2,1-4H3,(H,17,18). The van der Waals surface area contributed by atoms with Gasteiger partial charge in [-0.3, -0.25) is 5.10 Å². The number of nitrogens with one attached hydrogen (secondary N) is 3. The summed E-state index contributed by atoms with van der Waals surface area (Å²) < 4.78 is 1.71. The van der Waals surface area contributed by atoms with Crippen LogP contribution in [-0.2, 0) is 26.4 Å². The summed E-state index contributed by atoms with van der Waals surface area (Å²) in [5, 5.41) is 27.2. The first-order chi connectivity index (χ1) is 19.9. The molecule has 2 aromatic carbocycles. The number of hydrogen-bond acceptors (Lipinski definition) is 8. The van der Waals surface area contributed by atoms with Gasteiger partial charge in [-0.15, -0.1) is 5.10 Å². The quantitative estimate of drug-likeness (QED) is 0.308. The molecule has 10 heteroatoms. The van der Waals surface area contributed by atoms with E-state index in [-0.39, 0.29) is 6.04 Å². The van der Waals surface area contributed by atoms with Crippen LogP contribution in [0.25, 0.3) is 10.9 Å². The van der Waals surface area contributed by atoms with Gasteiger partial charge in [0.05, 0.1) is 17.4 Å². The van der Waals surface area contributed by atoms with Crippen LogP contribution in [0.15, 0.2) is 61.6 Å². The average Bonchev–Trinajstić information content (AvgIpc) is 3.60. The van der Waals surface area contributed by atoms with Crippen LogP contribution in [0.1, 0.15) is 54.0 Å². The molecule has 0 saturated carbocycles. The largest absolute Gasteiger partial charge is 0.378 e. The topological polar surface area (TPSA) is 103 Å². The third-order valence-corrected chi connectivity index (χ3v) is 8.30. The molecule has 0 bridgehead atoms. The Balaban J connectivity index is 0.000000166. The Morgan fingerprint density at radius 3 is 2.66 bits per heavy atom. The molecule has 0 spiro atoms. The number of piperidine rings is 1. The third-order valence-electron chi connectivity index (χ3n) is 8.30. The van der Waals surface area contributed by atoms with Crippen LogP contribution in [-0.4, -0.2) is 66.4 Å². The van der Waals surface area contributed by atoms with Gasteiger partial charge in [0.25, 0.3) is 0 Å². The highest BCUT2D eigenvalue weighted by Gasteiger charge is 2.27. The van der Waals surface area contributed by atoms with Crippen molar-refractivity contribution in [3.63, 3.8) is 0 Å². The van der Waals surface area contributed by atoms with Crippen molar-refractivity contribution >= 4 is 16.6 Å². The van der Waals surface area contributed by atoms with Crippen molar-refractivity contribution in [1.82, 2.24) is 45.5 Å². The second-order valence-electron chi connectivity index (χ2n) is 10.9. The van der Waals surface area contributed by atoms with Gasteiger partial charge in [-0.05, 0) is 85.1 Å². The van der Waals surface area contributed by atoms with E-state index in [1.54, 1.807) is 4.68 Å². The number of likely N-dealkylation sites (N-methyl/N-ethyl adjacent to an activating group) is 1. The zero-order valence-corrected chi connectivity index (χ0v) is 24.7. The number of fused-ring (bicyclic) bond motifs is 2. The number of para-hydroxylation sites is 1. The summed E-state index contributed by atoms with van der Waals surface area (Å²) in [4.78, 5) is 4.72. The van der Waals surface area contributed by atoms with Crippen molar-refractivity contribution in [3.05, 3.63) is 89.8 Å². The molecule has 216 valence electrons. The Labute approximate surface area is 242 Å². The molecule has 1 unspecified atom stereocenters. The molecule has 0 amide bonds. The maximum absolute atomic E-state index is 4.42. The number of aromatic amines is 1.